The molecule has 2 aromatic rings. The predicted octanol–water partition coefficient (Wildman–Crippen LogP) is 3.43. The van der Waals surface area contributed by atoms with Crippen LogP contribution in [0, 0.1) is 13.8 Å². The molecule has 0 bridgehead atoms. The zero-order chi connectivity index (χ0) is 17.7. The van der Waals surface area contributed by atoms with Crippen molar-refractivity contribution in [2.24, 2.45) is 0 Å². The largest absolute Gasteiger partial charge is 0.281 e. The molecule has 1 saturated carbocycles. The number of nitrogens with zero attached hydrogens (tertiary/aromatic N) is 2. The van der Waals surface area contributed by atoms with Crippen LogP contribution in [0.5, 0.6) is 0 Å². The third-order valence-electron chi connectivity index (χ3n) is 5.88. The Kier molecular flexibility index (Phi) is 4.00. The molecule has 1 N–H and O–H groups in total. The van der Waals surface area contributed by atoms with Gasteiger partial charge in [0, 0.05) is 18.5 Å². The zero-order valence-electron chi connectivity index (χ0n) is 14.9. The van der Waals surface area contributed by atoms with Gasteiger partial charge in [-0.05, 0) is 37.8 Å². The molecule has 1 fully saturated rings. The summed E-state index contributed by atoms with van der Waals surface area (Å²) >= 11 is 0. The lowest BCUT2D eigenvalue weighted by Crippen LogP contribution is -2.49. The maximum absolute atomic E-state index is 13.4. The topological polar surface area (TPSA) is 66.1 Å². The number of aryl methyl sites for hydroxylation is 2. The summed E-state index contributed by atoms with van der Waals surface area (Å²) in [6.45, 7) is 4.56. The van der Waals surface area contributed by atoms with E-state index in [4.69, 9.17) is 0 Å². The van der Waals surface area contributed by atoms with Crippen LogP contribution < -0.4 is 0 Å². The first-order valence-electron chi connectivity index (χ1n) is 9.04. The summed E-state index contributed by atoms with van der Waals surface area (Å²) in [5, 5.41) is 6.91. The number of fused-ring (bicyclic) bond motifs is 2. The highest BCUT2D eigenvalue weighted by Crippen LogP contribution is 2.45. The summed E-state index contributed by atoms with van der Waals surface area (Å²) in [6.07, 6.45) is 5.73. The molecule has 2 aliphatic rings. The molecule has 1 spiro atoms. The zero-order valence-corrected chi connectivity index (χ0v) is 15.7. The van der Waals surface area contributed by atoms with Gasteiger partial charge in [-0.3, -0.25) is 5.10 Å². The van der Waals surface area contributed by atoms with Crippen molar-refractivity contribution in [1.29, 1.82) is 0 Å². The van der Waals surface area contributed by atoms with Gasteiger partial charge in [-0.2, -0.15) is 9.40 Å². The molecular weight excluding hydrogens is 334 g/mol. The molecule has 0 unspecified atom stereocenters. The minimum Gasteiger partial charge on any atom is -0.281 e. The number of benzene rings is 1. The number of rotatable bonds is 2. The third-order valence-corrected chi connectivity index (χ3v) is 7.94. The number of nitrogens with one attached hydrogen (secondary N) is 1. The number of hydrogen-bond acceptors (Lipinski definition) is 3. The summed E-state index contributed by atoms with van der Waals surface area (Å²) < 4.78 is 28.5. The van der Waals surface area contributed by atoms with E-state index >= 15 is 0 Å². The van der Waals surface area contributed by atoms with Crippen molar-refractivity contribution in [3.05, 3.63) is 46.8 Å². The highest BCUT2D eigenvalue weighted by Gasteiger charge is 2.44. The molecule has 1 aromatic carbocycles. The molecule has 1 aliphatic heterocycles. The van der Waals surface area contributed by atoms with E-state index in [1.54, 1.807) is 18.2 Å². The van der Waals surface area contributed by atoms with E-state index in [1.807, 2.05) is 6.07 Å². The first-order valence-corrected chi connectivity index (χ1v) is 10.5. The summed E-state index contributed by atoms with van der Waals surface area (Å²) in [7, 11) is -3.56. The Balaban J connectivity index is 1.81. The van der Waals surface area contributed by atoms with Crippen LogP contribution in [-0.4, -0.2) is 29.5 Å². The quantitative estimate of drug-likeness (QED) is 0.893. The van der Waals surface area contributed by atoms with Gasteiger partial charge in [0.1, 0.15) is 4.90 Å². The number of sulfonamides is 1. The summed E-state index contributed by atoms with van der Waals surface area (Å²) in [5.41, 5.74) is 3.65. The number of aromatic nitrogens is 2. The first kappa shape index (κ1) is 16.8. The normalized spacial score (nSPS) is 20.6. The molecule has 0 saturated heterocycles. The minimum absolute atomic E-state index is 0.0360. The first-order chi connectivity index (χ1) is 11.9. The molecule has 25 heavy (non-hydrogen) atoms. The van der Waals surface area contributed by atoms with Crippen LogP contribution in [0.25, 0.3) is 0 Å². The molecule has 5 nitrogen and oxygen atoms in total. The van der Waals surface area contributed by atoms with Crippen LogP contribution in [0.15, 0.2) is 29.2 Å². The van der Waals surface area contributed by atoms with E-state index in [0.29, 0.717) is 29.4 Å². The van der Waals surface area contributed by atoms with E-state index < -0.39 is 10.0 Å². The van der Waals surface area contributed by atoms with Gasteiger partial charge in [0.2, 0.25) is 10.0 Å². The fraction of sp³-hybridized carbons (Fsp3) is 0.526. The molecule has 0 atom stereocenters. The fourth-order valence-electron chi connectivity index (χ4n) is 4.72. The summed E-state index contributed by atoms with van der Waals surface area (Å²) in [5.74, 6) is 0. The SMILES string of the molecule is Cc1n[nH]c(C)c1S(=O)(=O)N1Cc2ccccc2C2(CCCCC2)C1. The van der Waals surface area contributed by atoms with Gasteiger partial charge in [0.05, 0.1) is 11.4 Å². The maximum atomic E-state index is 13.4. The van der Waals surface area contributed by atoms with Crippen LogP contribution in [0.4, 0.5) is 0 Å². The predicted molar refractivity (Wildman–Crippen MR) is 96.9 cm³/mol. The van der Waals surface area contributed by atoms with Gasteiger partial charge in [-0.1, -0.05) is 43.5 Å². The van der Waals surface area contributed by atoms with E-state index in [2.05, 4.69) is 28.4 Å². The Bertz CT molecular complexity index is 876. The van der Waals surface area contributed by atoms with E-state index in [0.717, 1.165) is 18.4 Å². The Morgan fingerprint density at radius 3 is 2.52 bits per heavy atom. The molecule has 0 amide bonds. The van der Waals surface area contributed by atoms with E-state index in [9.17, 15) is 8.42 Å². The van der Waals surface area contributed by atoms with Gasteiger partial charge in [0.25, 0.3) is 0 Å². The van der Waals surface area contributed by atoms with Gasteiger partial charge in [-0.25, -0.2) is 8.42 Å². The monoisotopic (exact) mass is 359 g/mol. The second kappa shape index (κ2) is 5.95. The van der Waals surface area contributed by atoms with E-state index in [-0.39, 0.29) is 5.41 Å². The Labute approximate surface area is 149 Å². The molecule has 4 rings (SSSR count). The standard InChI is InChI=1S/C19H25N3O2S/c1-14-18(15(2)21-20-14)25(23,24)22-12-16-8-4-5-9-17(16)19(13-22)10-6-3-7-11-19/h4-5,8-9H,3,6-7,10-13H2,1-2H3,(H,20,21). The second-order valence-corrected chi connectivity index (χ2v) is 9.41. The lowest BCUT2D eigenvalue weighted by Gasteiger charge is -2.46. The molecule has 2 heterocycles. The molecule has 1 aromatic heterocycles. The van der Waals surface area contributed by atoms with Crippen molar-refractivity contribution >= 4 is 10.0 Å². The number of hydrogen-bond donors (Lipinski definition) is 1. The van der Waals surface area contributed by atoms with Crippen molar-refractivity contribution in [1.82, 2.24) is 14.5 Å². The van der Waals surface area contributed by atoms with Crippen LogP contribution in [0.2, 0.25) is 0 Å². The van der Waals surface area contributed by atoms with Crippen molar-refractivity contribution < 1.29 is 8.42 Å². The van der Waals surface area contributed by atoms with Crippen molar-refractivity contribution in [3.63, 3.8) is 0 Å². The van der Waals surface area contributed by atoms with Crippen LogP contribution >= 0.6 is 0 Å². The van der Waals surface area contributed by atoms with Gasteiger partial charge >= 0.3 is 0 Å². The Hall–Kier alpha value is -1.66. The van der Waals surface area contributed by atoms with E-state index in [1.165, 1.54) is 24.8 Å². The molecule has 1 aliphatic carbocycles. The Morgan fingerprint density at radius 1 is 1.12 bits per heavy atom. The number of H-pyrrole nitrogens is 1. The van der Waals surface area contributed by atoms with Crippen molar-refractivity contribution in [2.75, 3.05) is 6.54 Å². The smallest absolute Gasteiger partial charge is 0.247 e. The highest BCUT2D eigenvalue weighted by atomic mass is 32.2. The Morgan fingerprint density at radius 2 is 1.84 bits per heavy atom. The van der Waals surface area contributed by atoms with Crippen molar-refractivity contribution in [2.45, 2.75) is 62.8 Å². The fourth-order valence-corrected chi connectivity index (χ4v) is 6.56. The van der Waals surface area contributed by atoms with Crippen LogP contribution in [0.3, 0.4) is 0 Å². The second-order valence-electron chi connectivity index (χ2n) is 7.53. The van der Waals surface area contributed by atoms with Crippen LogP contribution in [0.1, 0.15) is 54.6 Å². The highest BCUT2D eigenvalue weighted by molar-refractivity contribution is 7.89. The minimum atomic E-state index is -3.56. The average Bonchev–Trinajstić information content (AvgIpc) is 2.95. The summed E-state index contributed by atoms with van der Waals surface area (Å²) in [4.78, 5) is 0.345. The molecule has 0 radical (unpaired) electrons. The third kappa shape index (κ3) is 2.62. The average molecular weight is 359 g/mol. The van der Waals surface area contributed by atoms with Gasteiger partial charge in [-0.15, -0.1) is 0 Å². The maximum Gasteiger partial charge on any atom is 0.247 e. The van der Waals surface area contributed by atoms with Crippen LogP contribution in [-0.2, 0) is 22.0 Å². The molecule has 134 valence electrons. The lowest BCUT2D eigenvalue weighted by molar-refractivity contribution is 0.206. The van der Waals surface area contributed by atoms with Crippen molar-refractivity contribution in [3.8, 4) is 0 Å². The van der Waals surface area contributed by atoms with Gasteiger partial charge < -0.3 is 0 Å². The molecular formula is C19H25N3O2S. The number of aromatic amines is 1. The lowest BCUT2D eigenvalue weighted by atomic mass is 9.66. The summed E-state index contributed by atoms with van der Waals surface area (Å²) in [6, 6.07) is 8.39. The van der Waals surface area contributed by atoms with Gasteiger partial charge in [0.15, 0.2) is 0 Å². The molecule has 6 heteroatoms.